The van der Waals surface area contributed by atoms with Crippen LogP contribution in [0, 0.1) is 10.1 Å². The Morgan fingerprint density at radius 2 is 1.78 bits per heavy atom. The molecule has 0 spiro atoms. The summed E-state index contributed by atoms with van der Waals surface area (Å²) >= 11 is 12.2. The number of non-ortho nitro benzene ring substituents is 1. The topological polar surface area (TPSA) is 107 Å². The van der Waals surface area contributed by atoms with Crippen molar-refractivity contribution < 1.29 is 22.9 Å². The smallest absolute Gasteiger partial charge is 0.326 e. The number of anilines is 1. The summed E-state index contributed by atoms with van der Waals surface area (Å²) in [7, 11) is -4.41. The van der Waals surface area contributed by atoms with Gasteiger partial charge in [0.25, 0.3) is 15.7 Å². The number of sulfonamides is 1. The van der Waals surface area contributed by atoms with Crippen molar-refractivity contribution in [1.29, 1.82) is 0 Å². The highest BCUT2D eigenvalue weighted by Gasteiger charge is 2.31. The molecule has 0 aromatic heterocycles. The van der Waals surface area contributed by atoms with Crippen molar-refractivity contribution >= 4 is 50.6 Å². The number of esters is 1. The number of carbonyl (C=O) groups is 1. The second-order valence-corrected chi connectivity index (χ2v) is 7.82. The van der Waals surface area contributed by atoms with Crippen molar-refractivity contribution in [2.24, 2.45) is 0 Å². The Morgan fingerprint density at radius 3 is 2.33 bits per heavy atom. The Hall–Kier alpha value is -2.36. The normalized spacial score (nSPS) is 11.1. The van der Waals surface area contributed by atoms with E-state index in [-0.39, 0.29) is 22.3 Å². The predicted molar refractivity (Wildman–Crippen MR) is 101 cm³/mol. The molecule has 11 heteroatoms. The monoisotopic (exact) mass is 432 g/mol. The van der Waals surface area contributed by atoms with Crippen LogP contribution in [0.3, 0.4) is 0 Å². The molecule has 0 atom stereocenters. The molecule has 0 aliphatic carbocycles. The van der Waals surface area contributed by atoms with E-state index in [4.69, 9.17) is 27.9 Å². The van der Waals surface area contributed by atoms with Crippen molar-refractivity contribution in [2.75, 3.05) is 17.5 Å². The Morgan fingerprint density at radius 1 is 1.19 bits per heavy atom. The molecule has 0 heterocycles. The molecule has 0 fully saturated rings. The molecular weight excluding hydrogens is 419 g/mol. The van der Waals surface area contributed by atoms with Crippen LogP contribution in [0.4, 0.5) is 11.4 Å². The van der Waals surface area contributed by atoms with Gasteiger partial charge in [-0.25, -0.2) is 8.42 Å². The maximum atomic E-state index is 13.1. The molecule has 0 aliphatic heterocycles. The van der Waals surface area contributed by atoms with Crippen molar-refractivity contribution in [2.45, 2.75) is 11.8 Å². The summed E-state index contributed by atoms with van der Waals surface area (Å²) in [5.41, 5.74) is -0.544. The molecule has 8 nitrogen and oxygen atoms in total. The summed E-state index contributed by atoms with van der Waals surface area (Å²) in [6.45, 7) is 0.905. The van der Waals surface area contributed by atoms with Gasteiger partial charge in [0.1, 0.15) is 6.54 Å². The van der Waals surface area contributed by atoms with Crippen LogP contribution in [0.2, 0.25) is 10.0 Å². The second kappa shape index (κ2) is 8.55. The molecule has 27 heavy (non-hydrogen) atoms. The molecule has 2 aromatic rings. The van der Waals surface area contributed by atoms with Gasteiger partial charge in [-0.2, -0.15) is 0 Å². The molecule has 0 aliphatic rings. The molecule has 0 saturated heterocycles. The number of rotatable bonds is 7. The highest BCUT2D eigenvalue weighted by molar-refractivity contribution is 7.92. The average molecular weight is 433 g/mol. The third kappa shape index (κ3) is 4.68. The van der Waals surface area contributed by atoms with Crippen LogP contribution >= 0.6 is 23.2 Å². The van der Waals surface area contributed by atoms with E-state index in [1.165, 1.54) is 30.3 Å². The fourth-order valence-electron chi connectivity index (χ4n) is 2.22. The lowest BCUT2D eigenvalue weighted by Gasteiger charge is -2.25. The number of hydrogen-bond acceptors (Lipinski definition) is 6. The summed E-state index contributed by atoms with van der Waals surface area (Å²) in [6.07, 6.45) is 0. The van der Waals surface area contributed by atoms with Gasteiger partial charge in [-0.1, -0.05) is 35.3 Å². The minimum atomic E-state index is -4.41. The van der Waals surface area contributed by atoms with Gasteiger partial charge < -0.3 is 4.74 Å². The number of nitrogens with zero attached hydrogens (tertiary/aromatic N) is 2. The number of nitro benzene ring substituents is 1. The molecule has 0 N–H and O–H groups in total. The van der Waals surface area contributed by atoms with Gasteiger partial charge in [0.05, 0.1) is 32.2 Å². The molecule has 0 radical (unpaired) electrons. The standard InChI is InChI=1S/C16H14Cl2N2O6S/c1-2-26-15(21)10-19(16-13(17)7-4-8-14(16)18)27(24,25)12-6-3-5-11(9-12)20(22)23/h3-9H,2,10H2,1H3. The molecule has 0 amide bonds. The third-order valence-electron chi connectivity index (χ3n) is 3.38. The first-order valence-electron chi connectivity index (χ1n) is 7.55. The van der Waals surface area contributed by atoms with Crippen LogP contribution in [-0.2, 0) is 19.6 Å². The lowest BCUT2D eigenvalue weighted by atomic mass is 10.3. The van der Waals surface area contributed by atoms with Crippen LogP contribution in [0.5, 0.6) is 0 Å². The van der Waals surface area contributed by atoms with Crippen LogP contribution in [0.25, 0.3) is 0 Å². The van der Waals surface area contributed by atoms with E-state index < -0.39 is 38.0 Å². The maximum Gasteiger partial charge on any atom is 0.326 e. The highest BCUT2D eigenvalue weighted by atomic mass is 35.5. The summed E-state index contributed by atoms with van der Waals surface area (Å²) < 4.78 is 31.8. The summed E-state index contributed by atoms with van der Waals surface area (Å²) in [5.74, 6) is -0.831. The van der Waals surface area contributed by atoms with E-state index in [2.05, 4.69) is 0 Å². The number of ether oxygens (including phenoxy) is 1. The van der Waals surface area contributed by atoms with Crippen LogP contribution < -0.4 is 4.31 Å². The van der Waals surface area contributed by atoms with Crippen LogP contribution in [0.15, 0.2) is 47.4 Å². The predicted octanol–water partition coefficient (Wildman–Crippen LogP) is 3.66. The molecule has 0 bridgehead atoms. The molecular formula is C16H14Cl2N2O6S. The van der Waals surface area contributed by atoms with E-state index >= 15 is 0 Å². The Balaban J connectivity index is 2.63. The SMILES string of the molecule is CCOC(=O)CN(c1c(Cl)cccc1Cl)S(=O)(=O)c1cccc([N+](=O)[O-])c1. The van der Waals surface area contributed by atoms with Crippen molar-refractivity contribution in [1.82, 2.24) is 0 Å². The molecule has 144 valence electrons. The Labute approximate surface area is 165 Å². The fraction of sp³-hybridized carbons (Fsp3) is 0.188. The first kappa shape index (κ1) is 20.9. The molecule has 0 saturated carbocycles. The van der Waals surface area contributed by atoms with Crippen molar-refractivity contribution in [3.05, 3.63) is 62.6 Å². The first-order chi connectivity index (χ1) is 12.7. The maximum absolute atomic E-state index is 13.1. The molecule has 2 rings (SSSR count). The first-order valence-corrected chi connectivity index (χ1v) is 9.75. The Kier molecular flexibility index (Phi) is 6.63. The van der Waals surface area contributed by atoms with Gasteiger partial charge in [-0.05, 0) is 25.1 Å². The number of carbonyl (C=O) groups excluding carboxylic acids is 1. The number of hydrogen-bond donors (Lipinski definition) is 0. The number of benzene rings is 2. The van der Waals surface area contributed by atoms with E-state index in [1.807, 2.05) is 0 Å². The summed E-state index contributed by atoms with van der Waals surface area (Å²) in [6, 6.07) is 8.76. The van der Waals surface area contributed by atoms with Gasteiger partial charge >= 0.3 is 5.97 Å². The van der Waals surface area contributed by atoms with E-state index in [0.717, 1.165) is 12.1 Å². The zero-order valence-electron chi connectivity index (χ0n) is 14.0. The molecule has 2 aromatic carbocycles. The number of para-hydroxylation sites is 1. The van der Waals surface area contributed by atoms with Crippen LogP contribution in [-0.4, -0.2) is 32.5 Å². The van der Waals surface area contributed by atoms with E-state index in [0.29, 0.717) is 4.31 Å². The van der Waals surface area contributed by atoms with Gasteiger partial charge in [-0.3, -0.25) is 19.2 Å². The average Bonchev–Trinajstić information content (AvgIpc) is 2.61. The van der Waals surface area contributed by atoms with E-state index in [9.17, 15) is 23.3 Å². The van der Waals surface area contributed by atoms with Gasteiger partial charge in [-0.15, -0.1) is 0 Å². The third-order valence-corrected chi connectivity index (χ3v) is 5.73. The minimum Gasteiger partial charge on any atom is -0.465 e. The molecule has 0 unspecified atom stereocenters. The summed E-state index contributed by atoms with van der Waals surface area (Å²) in [5, 5.41) is 10.9. The van der Waals surface area contributed by atoms with Crippen molar-refractivity contribution in [3.63, 3.8) is 0 Å². The number of nitro groups is 1. The van der Waals surface area contributed by atoms with Crippen molar-refractivity contribution in [3.8, 4) is 0 Å². The lowest BCUT2D eigenvalue weighted by Crippen LogP contribution is -2.37. The number of halogens is 2. The van der Waals surface area contributed by atoms with Gasteiger partial charge in [0.15, 0.2) is 0 Å². The zero-order chi connectivity index (χ0) is 20.2. The fourth-order valence-corrected chi connectivity index (χ4v) is 4.41. The van der Waals surface area contributed by atoms with E-state index in [1.54, 1.807) is 6.92 Å². The lowest BCUT2D eigenvalue weighted by molar-refractivity contribution is -0.385. The minimum absolute atomic E-state index is 0.0131. The highest BCUT2D eigenvalue weighted by Crippen LogP contribution is 2.37. The quantitative estimate of drug-likeness (QED) is 0.375. The second-order valence-electron chi connectivity index (χ2n) is 5.14. The van der Waals surface area contributed by atoms with Crippen LogP contribution in [0.1, 0.15) is 6.92 Å². The zero-order valence-corrected chi connectivity index (χ0v) is 16.3. The Bertz CT molecular complexity index is 960. The summed E-state index contributed by atoms with van der Waals surface area (Å²) in [4.78, 5) is 21.8. The largest absolute Gasteiger partial charge is 0.465 e. The van der Waals surface area contributed by atoms with Gasteiger partial charge in [0.2, 0.25) is 0 Å². The van der Waals surface area contributed by atoms with Gasteiger partial charge in [0, 0.05) is 12.1 Å².